The van der Waals surface area contributed by atoms with E-state index in [9.17, 15) is 13.2 Å². The van der Waals surface area contributed by atoms with Crippen molar-refractivity contribution in [3.05, 3.63) is 90.6 Å². The summed E-state index contributed by atoms with van der Waals surface area (Å²) in [4.78, 5) is 21.1. The van der Waals surface area contributed by atoms with Crippen molar-refractivity contribution in [2.45, 2.75) is 16.2 Å². The molecule has 0 aliphatic carbocycles. The fourth-order valence-electron chi connectivity index (χ4n) is 2.90. The Morgan fingerprint density at radius 3 is 2.48 bits per heavy atom. The summed E-state index contributed by atoms with van der Waals surface area (Å²) < 4.78 is 26.9. The highest BCUT2D eigenvalue weighted by Gasteiger charge is 2.19. The monoisotopic (exact) mass is 404 g/mol. The summed E-state index contributed by atoms with van der Waals surface area (Å²) in [6.45, 7) is 0. The predicted octanol–water partition coefficient (Wildman–Crippen LogP) is 3.01. The number of pyridine rings is 2. The van der Waals surface area contributed by atoms with E-state index in [1.165, 1.54) is 30.5 Å². The molecule has 8 heteroatoms. The lowest BCUT2D eigenvalue weighted by Crippen LogP contribution is -2.17. The minimum absolute atomic E-state index is 0.00641. The molecule has 3 heterocycles. The van der Waals surface area contributed by atoms with Crippen LogP contribution in [0.5, 0.6) is 0 Å². The Bertz CT molecular complexity index is 1310. The Labute approximate surface area is 167 Å². The fraction of sp³-hybridized carbons (Fsp3) is 0.0476. The SMILES string of the molecule is N=C(Cc1ccc(S(=O)(=O)c2ccccc2)cn1)C(=O)c1ccc2nccn2c1. The number of Topliss-reactive ketones (excluding diaryl/α,β-unsaturated/α-hetero) is 1. The van der Waals surface area contributed by atoms with Crippen molar-refractivity contribution >= 4 is 27.0 Å². The average molecular weight is 404 g/mol. The number of nitrogens with zero attached hydrogens (tertiary/aromatic N) is 3. The molecule has 4 aromatic rings. The zero-order valence-corrected chi connectivity index (χ0v) is 16.0. The maximum Gasteiger partial charge on any atom is 0.208 e. The Kier molecular flexibility index (Phi) is 4.77. The molecular formula is C21H16N4O3S. The molecule has 0 spiro atoms. The maximum atomic E-state index is 12.6. The van der Waals surface area contributed by atoms with E-state index in [0.717, 1.165) is 0 Å². The average Bonchev–Trinajstić information content (AvgIpc) is 3.22. The van der Waals surface area contributed by atoms with E-state index in [1.807, 2.05) is 0 Å². The van der Waals surface area contributed by atoms with E-state index in [2.05, 4.69) is 9.97 Å². The Morgan fingerprint density at radius 1 is 0.966 bits per heavy atom. The first-order valence-electron chi connectivity index (χ1n) is 8.75. The van der Waals surface area contributed by atoms with Gasteiger partial charge in [-0.3, -0.25) is 9.78 Å². The van der Waals surface area contributed by atoms with Gasteiger partial charge in [-0.1, -0.05) is 18.2 Å². The largest absolute Gasteiger partial charge is 0.306 e. The molecule has 1 aromatic carbocycles. The molecule has 4 rings (SSSR count). The number of hydrogen-bond donors (Lipinski definition) is 1. The van der Waals surface area contributed by atoms with Crippen LogP contribution in [0.3, 0.4) is 0 Å². The van der Waals surface area contributed by atoms with Crippen molar-refractivity contribution in [3.8, 4) is 0 Å². The highest BCUT2D eigenvalue weighted by atomic mass is 32.2. The molecule has 3 aromatic heterocycles. The molecule has 0 saturated carbocycles. The van der Waals surface area contributed by atoms with Gasteiger partial charge in [0.05, 0.1) is 15.5 Å². The van der Waals surface area contributed by atoms with E-state index in [0.29, 0.717) is 16.9 Å². The first-order chi connectivity index (χ1) is 13.9. The minimum atomic E-state index is -3.65. The van der Waals surface area contributed by atoms with Crippen LogP contribution >= 0.6 is 0 Å². The third kappa shape index (κ3) is 3.70. The van der Waals surface area contributed by atoms with Crippen molar-refractivity contribution in [2.24, 2.45) is 0 Å². The molecule has 29 heavy (non-hydrogen) atoms. The van der Waals surface area contributed by atoms with Crippen LogP contribution in [-0.2, 0) is 16.3 Å². The van der Waals surface area contributed by atoms with Gasteiger partial charge in [0.1, 0.15) is 5.65 Å². The van der Waals surface area contributed by atoms with E-state index in [-0.39, 0.29) is 21.9 Å². The van der Waals surface area contributed by atoms with Gasteiger partial charge in [-0.15, -0.1) is 0 Å². The van der Waals surface area contributed by atoms with E-state index < -0.39 is 15.6 Å². The number of imidazole rings is 1. The Hall–Kier alpha value is -3.65. The van der Waals surface area contributed by atoms with E-state index >= 15 is 0 Å². The molecule has 0 aliphatic heterocycles. The van der Waals surface area contributed by atoms with Crippen LogP contribution < -0.4 is 0 Å². The summed E-state index contributed by atoms with van der Waals surface area (Å²) in [6.07, 6.45) is 6.24. The van der Waals surface area contributed by atoms with Crippen LogP contribution in [-0.4, -0.2) is 34.3 Å². The molecule has 7 nitrogen and oxygen atoms in total. The number of benzene rings is 1. The first-order valence-corrected chi connectivity index (χ1v) is 10.2. The lowest BCUT2D eigenvalue weighted by Gasteiger charge is -2.07. The van der Waals surface area contributed by atoms with Gasteiger partial charge in [0.25, 0.3) is 0 Å². The summed E-state index contributed by atoms with van der Waals surface area (Å²) in [6, 6.07) is 14.4. The molecule has 1 N–H and O–H groups in total. The van der Waals surface area contributed by atoms with E-state index in [4.69, 9.17) is 5.41 Å². The summed E-state index contributed by atoms with van der Waals surface area (Å²) >= 11 is 0. The number of nitrogens with one attached hydrogen (secondary N) is 1. The number of fused-ring (bicyclic) bond motifs is 1. The molecule has 144 valence electrons. The number of ketones is 1. The van der Waals surface area contributed by atoms with Gasteiger partial charge in [-0.2, -0.15) is 0 Å². The van der Waals surface area contributed by atoms with Crippen LogP contribution in [0.4, 0.5) is 0 Å². The maximum absolute atomic E-state index is 12.6. The van der Waals surface area contributed by atoms with Gasteiger partial charge >= 0.3 is 0 Å². The first kappa shape index (κ1) is 18.7. The van der Waals surface area contributed by atoms with Gasteiger partial charge in [-0.05, 0) is 36.4 Å². The number of carbonyl (C=O) groups excluding carboxylic acids is 1. The highest BCUT2D eigenvalue weighted by molar-refractivity contribution is 7.91. The molecule has 0 atom stereocenters. The van der Waals surface area contributed by atoms with Crippen LogP contribution in [0.1, 0.15) is 16.1 Å². The zero-order valence-electron chi connectivity index (χ0n) is 15.2. The van der Waals surface area contributed by atoms with Crippen molar-refractivity contribution in [1.29, 1.82) is 5.41 Å². The van der Waals surface area contributed by atoms with Gasteiger partial charge in [0.15, 0.2) is 0 Å². The Balaban J connectivity index is 1.51. The van der Waals surface area contributed by atoms with Gasteiger partial charge in [0.2, 0.25) is 15.6 Å². The van der Waals surface area contributed by atoms with Crippen LogP contribution in [0, 0.1) is 5.41 Å². The summed E-state index contributed by atoms with van der Waals surface area (Å²) in [5.74, 6) is -0.414. The lowest BCUT2D eigenvalue weighted by molar-refractivity contribution is 0.106. The molecule has 0 amide bonds. The quantitative estimate of drug-likeness (QED) is 0.393. The Morgan fingerprint density at radius 2 is 1.76 bits per heavy atom. The third-order valence-electron chi connectivity index (χ3n) is 4.44. The number of sulfone groups is 1. The van der Waals surface area contributed by atoms with Crippen molar-refractivity contribution < 1.29 is 13.2 Å². The normalized spacial score (nSPS) is 11.4. The fourth-order valence-corrected chi connectivity index (χ4v) is 4.13. The van der Waals surface area contributed by atoms with Crippen molar-refractivity contribution in [1.82, 2.24) is 14.4 Å². The molecule has 0 radical (unpaired) electrons. The summed E-state index contributed by atoms with van der Waals surface area (Å²) in [5, 5.41) is 8.12. The second kappa shape index (κ2) is 7.40. The second-order valence-electron chi connectivity index (χ2n) is 6.40. The van der Waals surface area contributed by atoms with E-state index in [1.54, 1.807) is 53.3 Å². The smallest absolute Gasteiger partial charge is 0.208 e. The minimum Gasteiger partial charge on any atom is -0.306 e. The van der Waals surface area contributed by atoms with Crippen molar-refractivity contribution in [3.63, 3.8) is 0 Å². The molecule has 0 bridgehead atoms. The van der Waals surface area contributed by atoms with Crippen LogP contribution in [0.25, 0.3) is 5.65 Å². The molecular weight excluding hydrogens is 388 g/mol. The van der Waals surface area contributed by atoms with Crippen LogP contribution in [0.15, 0.2) is 89.2 Å². The standard InChI is InChI=1S/C21H16N4O3S/c22-19(21(26)15-6-9-20-23-10-11-25(20)14-15)12-16-7-8-18(13-24-16)29(27,28)17-4-2-1-3-5-17/h1-11,13-14,22H,12H2. The third-order valence-corrected chi connectivity index (χ3v) is 6.20. The van der Waals surface area contributed by atoms with Gasteiger partial charge < -0.3 is 9.81 Å². The summed E-state index contributed by atoms with van der Waals surface area (Å²) in [5.41, 5.74) is 1.41. The predicted molar refractivity (Wildman–Crippen MR) is 107 cm³/mol. The number of hydrogen-bond acceptors (Lipinski definition) is 6. The molecule has 0 aliphatic rings. The lowest BCUT2D eigenvalue weighted by atomic mass is 10.0. The number of aromatic nitrogens is 3. The second-order valence-corrected chi connectivity index (χ2v) is 8.35. The van der Waals surface area contributed by atoms with Crippen LogP contribution in [0.2, 0.25) is 0 Å². The van der Waals surface area contributed by atoms with Gasteiger partial charge in [0, 0.05) is 42.5 Å². The number of carbonyl (C=O) groups is 1. The summed E-state index contributed by atoms with van der Waals surface area (Å²) in [7, 11) is -3.65. The topological polar surface area (TPSA) is 105 Å². The molecule has 0 fully saturated rings. The number of rotatable bonds is 6. The molecule has 0 saturated heterocycles. The highest BCUT2D eigenvalue weighted by Crippen LogP contribution is 2.20. The molecule has 0 unspecified atom stereocenters. The van der Waals surface area contributed by atoms with Gasteiger partial charge in [-0.25, -0.2) is 13.4 Å². The zero-order chi connectivity index (χ0) is 20.4. The van der Waals surface area contributed by atoms with Crippen molar-refractivity contribution in [2.75, 3.05) is 0 Å².